The van der Waals surface area contributed by atoms with Crippen LogP contribution >= 0.6 is 0 Å². The number of anilines is 1. The fraction of sp³-hybridized carbons (Fsp3) is 0.647. The van der Waals surface area contributed by atoms with E-state index in [1.807, 2.05) is 27.0 Å². The van der Waals surface area contributed by atoms with Gasteiger partial charge in [0, 0.05) is 18.8 Å². The summed E-state index contributed by atoms with van der Waals surface area (Å²) in [6.07, 6.45) is 5.97. The van der Waals surface area contributed by atoms with Crippen molar-refractivity contribution in [3.63, 3.8) is 0 Å². The third kappa shape index (κ3) is 3.36. The van der Waals surface area contributed by atoms with Crippen LogP contribution in [0.5, 0.6) is 0 Å². The van der Waals surface area contributed by atoms with E-state index in [-0.39, 0.29) is 0 Å². The Morgan fingerprint density at radius 1 is 1.33 bits per heavy atom. The molecule has 0 unspecified atom stereocenters. The van der Waals surface area contributed by atoms with Crippen molar-refractivity contribution < 1.29 is 9.90 Å². The number of carboxylic acids is 1. The van der Waals surface area contributed by atoms with Crippen LogP contribution in [0.1, 0.15) is 60.6 Å². The predicted molar refractivity (Wildman–Crippen MR) is 85.1 cm³/mol. The highest BCUT2D eigenvalue weighted by Crippen LogP contribution is 2.32. The van der Waals surface area contributed by atoms with Gasteiger partial charge in [-0.1, -0.05) is 13.3 Å². The van der Waals surface area contributed by atoms with Gasteiger partial charge in [-0.15, -0.1) is 0 Å². The molecule has 0 aliphatic heterocycles. The van der Waals surface area contributed by atoms with Gasteiger partial charge in [-0.25, -0.2) is 9.78 Å². The average molecular weight is 290 g/mol. The van der Waals surface area contributed by atoms with Crippen LogP contribution in [0, 0.1) is 19.8 Å². The Hall–Kier alpha value is -1.58. The first-order valence-electron chi connectivity index (χ1n) is 7.88. The zero-order valence-electron chi connectivity index (χ0n) is 13.5. The van der Waals surface area contributed by atoms with Gasteiger partial charge >= 0.3 is 5.97 Å². The third-order valence-corrected chi connectivity index (χ3v) is 4.81. The Labute approximate surface area is 127 Å². The lowest BCUT2D eigenvalue weighted by molar-refractivity contribution is 0.0696. The second kappa shape index (κ2) is 6.46. The predicted octanol–water partition coefficient (Wildman–Crippen LogP) is 3.80. The highest BCUT2D eigenvalue weighted by Gasteiger charge is 2.27. The van der Waals surface area contributed by atoms with Crippen molar-refractivity contribution in [1.29, 1.82) is 0 Å². The maximum Gasteiger partial charge on any atom is 0.339 e. The minimum Gasteiger partial charge on any atom is -0.478 e. The summed E-state index contributed by atoms with van der Waals surface area (Å²) in [6, 6.07) is 2.24. The fourth-order valence-electron chi connectivity index (χ4n) is 3.45. The number of hydrogen-bond acceptors (Lipinski definition) is 3. The van der Waals surface area contributed by atoms with E-state index in [1.54, 1.807) is 0 Å². The van der Waals surface area contributed by atoms with Gasteiger partial charge in [-0.05, 0) is 57.1 Å². The lowest BCUT2D eigenvalue weighted by atomic mass is 9.84. The minimum atomic E-state index is -0.885. The van der Waals surface area contributed by atoms with Crippen LogP contribution in [0.4, 0.5) is 5.82 Å². The zero-order valence-corrected chi connectivity index (χ0v) is 13.5. The lowest BCUT2D eigenvalue weighted by Gasteiger charge is -2.36. The number of aromatic carboxylic acids is 1. The molecule has 0 spiro atoms. The Kier molecular flexibility index (Phi) is 4.86. The fourth-order valence-corrected chi connectivity index (χ4v) is 3.45. The Morgan fingerprint density at radius 2 is 1.95 bits per heavy atom. The van der Waals surface area contributed by atoms with E-state index in [9.17, 15) is 9.90 Å². The third-order valence-electron chi connectivity index (χ3n) is 4.81. The van der Waals surface area contributed by atoms with E-state index in [0.717, 1.165) is 30.0 Å². The molecule has 0 radical (unpaired) electrons. The van der Waals surface area contributed by atoms with Crippen molar-refractivity contribution in [2.75, 3.05) is 11.9 Å². The summed E-state index contributed by atoms with van der Waals surface area (Å²) >= 11 is 0. The van der Waals surface area contributed by atoms with Gasteiger partial charge in [0.2, 0.25) is 0 Å². The molecule has 1 aromatic heterocycles. The van der Waals surface area contributed by atoms with Crippen LogP contribution in [0.2, 0.25) is 0 Å². The lowest BCUT2D eigenvalue weighted by Crippen LogP contribution is -2.37. The van der Waals surface area contributed by atoms with Gasteiger partial charge in [-0.3, -0.25) is 0 Å². The molecular formula is C17H26N2O2. The van der Waals surface area contributed by atoms with Crippen molar-refractivity contribution in [3.8, 4) is 0 Å². The van der Waals surface area contributed by atoms with Gasteiger partial charge in [0.1, 0.15) is 11.4 Å². The summed E-state index contributed by atoms with van der Waals surface area (Å²) in [5.41, 5.74) is 2.02. The van der Waals surface area contributed by atoms with Crippen LogP contribution in [-0.4, -0.2) is 29.1 Å². The van der Waals surface area contributed by atoms with Gasteiger partial charge in [0.05, 0.1) is 0 Å². The molecule has 0 atom stereocenters. The summed E-state index contributed by atoms with van der Waals surface area (Å²) in [5.74, 6) is 0.574. The van der Waals surface area contributed by atoms with Crippen LogP contribution in [0.3, 0.4) is 0 Å². The van der Waals surface area contributed by atoms with Crippen molar-refractivity contribution in [2.45, 2.75) is 58.9 Å². The first-order valence-corrected chi connectivity index (χ1v) is 7.88. The maximum atomic E-state index is 11.6. The molecule has 1 aromatic rings. The van der Waals surface area contributed by atoms with Gasteiger partial charge in [0.15, 0.2) is 0 Å². The van der Waals surface area contributed by atoms with Crippen molar-refractivity contribution in [1.82, 2.24) is 4.98 Å². The van der Waals surface area contributed by atoms with Crippen molar-refractivity contribution >= 4 is 11.8 Å². The highest BCUT2D eigenvalue weighted by molar-refractivity contribution is 5.95. The van der Waals surface area contributed by atoms with E-state index < -0.39 is 5.97 Å². The normalized spacial score (nSPS) is 22.1. The summed E-state index contributed by atoms with van der Waals surface area (Å²) in [7, 11) is 1.99. The second-order valence-corrected chi connectivity index (χ2v) is 6.28. The number of carbonyl (C=O) groups is 1. The molecule has 4 nitrogen and oxygen atoms in total. The molecule has 1 N–H and O–H groups in total. The smallest absolute Gasteiger partial charge is 0.339 e. The molecule has 1 aliphatic rings. The van der Waals surface area contributed by atoms with Gasteiger partial charge in [-0.2, -0.15) is 0 Å². The average Bonchev–Trinajstić information content (AvgIpc) is 2.45. The van der Waals surface area contributed by atoms with E-state index in [4.69, 9.17) is 0 Å². The van der Waals surface area contributed by atoms with Gasteiger partial charge < -0.3 is 10.0 Å². The molecule has 1 saturated carbocycles. The molecule has 21 heavy (non-hydrogen) atoms. The highest BCUT2D eigenvalue weighted by atomic mass is 16.4. The van der Waals surface area contributed by atoms with Crippen LogP contribution < -0.4 is 4.90 Å². The largest absolute Gasteiger partial charge is 0.478 e. The number of aromatic nitrogens is 1. The summed E-state index contributed by atoms with van der Waals surface area (Å²) < 4.78 is 0. The first-order chi connectivity index (χ1) is 9.93. The topological polar surface area (TPSA) is 53.4 Å². The number of hydrogen-bond donors (Lipinski definition) is 1. The summed E-state index contributed by atoms with van der Waals surface area (Å²) in [4.78, 5) is 18.2. The standard InChI is InChI=1S/C17H26N2O2/c1-5-13-6-8-14(9-7-13)19(4)16-15(17(20)21)11(2)10-12(3)18-16/h10,13-14H,5-9H2,1-4H3,(H,20,21). The second-order valence-electron chi connectivity index (χ2n) is 6.28. The van der Waals surface area contributed by atoms with E-state index in [2.05, 4.69) is 16.8 Å². The SMILES string of the molecule is CCC1CCC(N(C)c2nc(C)cc(C)c2C(=O)O)CC1. The van der Waals surface area contributed by atoms with Crippen molar-refractivity contribution in [2.24, 2.45) is 5.92 Å². The Balaban J connectivity index is 2.27. The molecular weight excluding hydrogens is 264 g/mol. The molecule has 1 fully saturated rings. The van der Waals surface area contributed by atoms with Crippen molar-refractivity contribution in [3.05, 3.63) is 22.9 Å². The molecule has 0 bridgehead atoms. The van der Waals surface area contributed by atoms with Crippen LogP contribution in [0.15, 0.2) is 6.07 Å². The zero-order chi connectivity index (χ0) is 15.6. The molecule has 1 aliphatic carbocycles. The molecule has 0 aromatic carbocycles. The summed E-state index contributed by atoms with van der Waals surface area (Å²) in [5, 5.41) is 9.50. The van der Waals surface area contributed by atoms with Crippen LogP contribution in [-0.2, 0) is 0 Å². The monoisotopic (exact) mass is 290 g/mol. The van der Waals surface area contributed by atoms with E-state index in [0.29, 0.717) is 17.4 Å². The molecule has 1 heterocycles. The number of rotatable bonds is 4. The molecule has 0 amide bonds. The number of aryl methyl sites for hydroxylation is 2. The first kappa shape index (κ1) is 15.8. The molecule has 0 saturated heterocycles. The van der Waals surface area contributed by atoms with Gasteiger partial charge in [0.25, 0.3) is 0 Å². The molecule has 4 heteroatoms. The van der Waals surface area contributed by atoms with E-state index in [1.165, 1.54) is 19.3 Å². The molecule has 2 rings (SSSR count). The maximum absolute atomic E-state index is 11.6. The summed E-state index contributed by atoms with van der Waals surface area (Å²) in [6.45, 7) is 6.02. The minimum absolute atomic E-state index is 0.348. The Bertz CT molecular complexity index is 520. The Morgan fingerprint density at radius 3 is 2.48 bits per heavy atom. The number of carboxylic acid groups (broad SMARTS) is 1. The quantitative estimate of drug-likeness (QED) is 0.916. The van der Waals surface area contributed by atoms with Crippen LogP contribution in [0.25, 0.3) is 0 Å². The van der Waals surface area contributed by atoms with E-state index >= 15 is 0 Å². The molecule has 116 valence electrons. The number of pyridine rings is 1. The number of nitrogens with zero attached hydrogens (tertiary/aromatic N) is 2.